The average molecular weight is 637 g/mol. The van der Waals surface area contributed by atoms with Crippen LogP contribution in [0.5, 0.6) is 0 Å². The predicted octanol–water partition coefficient (Wildman–Crippen LogP) is 5.56. The highest BCUT2D eigenvalue weighted by molar-refractivity contribution is 5.90. The molecule has 2 heterocycles. The van der Waals surface area contributed by atoms with Crippen molar-refractivity contribution in [2.75, 3.05) is 6.61 Å². The fourth-order valence-electron chi connectivity index (χ4n) is 6.87. The van der Waals surface area contributed by atoms with Crippen LogP contribution in [0.25, 0.3) is 0 Å². The first-order chi connectivity index (χ1) is 20.1. The largest absolute Gasteiger partial charge is 0.465 e. The van der Waals surface area contributed by atoms with Gasteiger partial charge in [0.15, 0.2) is 0 Å². The summed E-state index contributed by atoms with van der Waals surface area (Å²) in [4.78, 5) is 44.7. The maximum absolute atomic E-state index is 12.3. The molecule has 4 aliphatic carbocycles. The van der Waals surface area contributed by atoms with Crippen molar-refractivity contribution in [2.24, 2.45) is 35.0 Å². The van der Waals surface area contributed by atoms with Gasteiger partial charge in [-0.2, -0.15) is 26.3 Å². The fourth-order valence-corrected chi connectivity index (χ4v) is 6.87. The molecule has 0 aromatic carbocycles. The van der Waals surface area contributed by atoms with E-state index < -0.39 is 53.2 Å². The number of carbonyl (C=O) groups is 4. The molecular formula is C30H34F6O8. The Kier molecular flexibility index (Phi) is 8.82. The van der Waals surface area contributed by atoms with Crippen LogP contribution in [-0.2, 0) is 38.1 Å². The van der Waals surface area contributed by atoms with Crippen molar-refractivity contribution in [1.29, 1.82) is 0 Å². The second-order valence-electron chi connectivity index (χ2n) is 13.1. The summed E-state index contributed by atoms with van der Waals surface area (Å²) in [6.07, 6.45) is -1.98. The first-order valence-electron chi connectivity index (χ1n) is 14.1. The summed E-state index contributed by atoms with van der Waals surface area (Å²) in [6.45, 7) is 10.4. The number of hydrogen-bond acceptors (Lipinski definition) is 8. The Morgan fingerprint density at radius 3 is 2.02 bits per heavy atom. The predicted molar refractivity (Wildman–Crippen MR) is 139 cm³/mol. The van der Waals surface area contributed by atoms with Crippen LogP contribution in [-0.4, -0.2) is 60.6 Å². The number of hydrogen-bond donors (Lipinski definition) is 0. The molecule has 0 N–H and O–H groups in total. The zero-order chi connectivity index (χ0) is 33.0. The monoisotopic (exact) mass is 636 g/mol. The Morgan fingerprint density at radius 1 is 0.932 bits per heavy atom. The van der Waals surface area contributed by atoms with Crippen molar-refractivity contribution < 1.29 is 64.5 Å². The van der Waals surface area contributed by atoms with Gasteiger partial charge in [-0.25, -0.2) is 9.59 Å². The second-order valence-corrected chi connectivity index (χ2v) is 13.1. The molecule has 8 nitrogen and oxygen atoms in total. The van der Waals surface area contributed by atoms with Gasteiger partial charge >= 0.3 is 36.2 Å². The van der Waals surface area contributed by atoms with Crippen LogP contribution in [0, 0.1) is 35.0 Å². The number of fused-ring (bicyclic) bond motifs is 4. The number of allylic oxidation sites excluding steroid dienone is 2. The van der Waals surface area contributed by atoms with Crippen LogP contribution in [0.3, 0.4) is 0 Å². The summed E-state index contributed by atoms with van der Waals surface area (Å²) in [5, 5.41) is 0. The summed E-state index contributed by atoms with van der Waals surface area (Å²) >= 11 is 0. The number of ether oxygens (including phenoxy) is 4. The number of alkyl halides is 6. The minimum absolute atomic E-state index is 0.0101. The molecule has 2 saturated heterocycles. The molecule has 0 amide bonds. The maximum atomic E-state index is 12.3. The van der Waals surface area contributed by atoms with E-state index in [0.717, 1.165) is 5.92 Å². The van der Waals surface area contributed by atoms with Gasteiger partial charge in [-0.05, 0) is 58.3 Å². The summed E-state index contributed by atoms with van der Waals surface area (Å²) < 4.78 is 92.1. The van der Waals surface area contributed by atoms with Crippen molar-refractivity contribution in [3.8, 4) is 0 Å². The van der Waals surface area contributed by atoms with E-state index in [4.69, 9.17) is 14.2 Å². The number of halogens is 6. The minimum Gasteiger partial charge on any atom is -0.465 e. The lowest BCUT2D eigenvalue weighted by Gasteiger charge is -2.26. The normalized spacial score (nSPS) is 34.1. The van der Waals surface area contributed by atoms with Crippen molar-refractivity contribution in [2.45, 2.75) is 83.0 Å². The van der Waals surface area contributed by atoms with Gasteiger partial charge in [-0.3, -0.25) is 9.59 Å². The molecule has 8 atom stereocenters. The summed E-state index contributed by atoms with van der Waals surface area (Å²) in [7, 11) is 0. The molecule has 14 heteroatoms. The zero-order valence-electron chi connectivity index (χ0n) is 24.4. The molecule has 2 aliphatic heterocycles. The highest BCUT2D eigenvalue weighted by Crippen LogP contribution is 2.57. The van der Waals surface area contributed by atoms with Gasteiger partial charge in [-0.1, -0.05) is 25.3 Å². The van der Waals surface area contributed by atoms with Gasteiger partial charge in [0.1, 0.15) is 29.0 Å². The molecular weight excluding hydrogens is 602 g/mol. The smallest absolute Gasteiger partial charge is 0.422 e. The van der Waals surface area contributed by atoms with Crippen molar-refractivity contribution in [1.82, 2.24) is 0 Å². The van der Waals surface area contributed by atoms with Crippen molar-refractivity contribution in [3.05, 3.63) is 36.5 Å². The van der Waals surface area contributed by atoms with E-state index >= 15 is 0 Å². The van der Waals surface area contributed by atoms with Gasteiger partial charge in [0.05, 0.1) is 18.9 Å². The number of cyclic esters (lactones) is 1. The quantitative estimate of drug-likeness (QED) is 0.130. The van der Waals surface area contributed by atoms with E-state index in [9.17, 15) is 45.5 Å². The third-order valence-electron chi connectivity index (χ3n) is 8.88. The summed E-state index contributed by atoms with van der Waals surface area (Å²) in [6, 6.07) is 0. The Bertz CT molecular complexity index is 1260. The molecule has 6 aliphatic rings. The van der Waals surface area contributed by atoms with Crippen LogP contribution >= 0.6 is 0 Å². The average Bonchev–Trinajstić information content (AvgIpc) is 3.71. The molecule has 44 heavy (non-hydrogen) atoms. The Balaban J connectivity index is 0.000000156. The van der Waals surface area contributed by atoms with E-state index in [0.29, 0.717) is 31.8 Å². The zero-order valence-corrected chi connectivity index (χ0v) is 24.4. The lowest BCUT2D eigenvalue weighted by molar-refractivity contribution is -0.166. The van der Waals surface area contributed by atoms with Crippen LogP contribution < -0.4 is 0 Å². The van der Waals surface area contributed by atoms with Crippen LogP contribution in [0.15, 0.2) is 36.5 Å². The molecule has 3 saturated carbocycles. The number of esters is 4. The molecule has 8 unspecified atom stereocenters. The standard InChI is InChI=1S/C12H11F3O4.C10H12O2.C8H11F3O2/c1-4(12(13,14)15)10(16)18-8-5-2-6-7(3-5)11(17)19-9(6)8;11-9-5-10(6-12-9)4-7-1-2-8(10)3-7;1-5(8(9,10)11)6(12)13-7(2,3)4/h5-9H,1-3H2;1-2,7-8H,3-6H2;1H2,2-4H3. The highest BCUT2D eigenvalue weighted by atomic mass is 19.4. The first kappa shape index (κ1) is 33.6. The van der Waals surface area contributed by atoms with E-state index in [1.54, 1.807) is 0 Å². The molecule has 4 bridgehead atoms. The van der Waals surface area contributed by atoms with Gasteiger partial charge in [-0.15, -0.1) is 0 Å². The van der Waals surface area contributed by atoms with Gasteiger partial charge < -0.3 is 18.9 Å². The van der Waals surface area contributed by atoms with Crippen LogP contribution in [0.2, 0.25) is 0 Å². The fraction of sp³-hybridized carbons (Fsp3) is 0.667. The van der Waals surface area contributed by atoms with E-state index in [1.165, 1.54) is 33.6 Å². The SMILES string of the molecule is C=C(C(=O)OC(C)(C)C)C(F)(F)F.C=C(C(=O)OC1C2CC3C(=O)OC1C3C2)C(F)(F)F.O=C1CC2(CO1)CC1C=CC2C1. The minimum atomic E-state index is -4.80. The van der Waals surface area contributed by atoms with Gasteiger partial charge in [0, 0.05) is 17.3 Å². The maximum Gasteiger partial charge on any atom is 0.422 e. The molecule has 1 spiro atoms. The second kappa shape index (κ2) is 11.6. The van der Waals surface area contributed by atoms with E-state index in [1.807, 2.05) is 0 Å². The Hall–Kier alpha value is -3.32. The van der Waals surface area contributed by atoms with E-state index in [-0.39, 0.29) is 35.1 Å². The number of carbonyl (C=O) groups excluding carboxylic acids is 4. The highest BCUT2D eigenvalue weighted by Gasteiger charge is 2.63. The Labute approximate surface area is 249 Å². The third kappa shape index (κ3) is 6.98. The lowest BCUT2D eigenvalue weighted by atomic mass is 9.75. The number of rotatable bonds is 3. The third-order valence-corrected chi connectivity index (χ3v) is 8.88. The van der Waals surface area contributed by atoms with Crippen LogP contribution in [0.4, 0.5) is 26.3 Å². The molecule has 0 aromatic rings. The van der Waals surface area contributed by atoms with Crippen LogP contribution in [0.1, 0.15) is 52.9 Å². The molecule has 0 radical (unpaired) electrons. The molecule has 6 rings (SSSR count). The Morgan fingerprint density at radius 2 is 1.55 bits per heavy atom. The topological polar surface area (TPSA) is 105 Å². The molecule has 0 aromatic heterocycles. The van der Waals surface area contributed by atoms with Crippen molar-refractivity contribution >= 4 is 23.9 Å². The molecule has 5 fully saturated rings. The summed E-state index contributed by atoms with van der Waals surface area (Å²) in [5.41, 5.74) is -3.74. The molecule has 244 valence electrons. The van der Waals surface area contributed by atoms with E-state index in [2.05, 4.69) is 30.0 Å². The van der Waals surface area contributed by atoms with Gasteiger partial charge in [0.2, 0.25) is 0 Å². The summed E-state index contributed by atoms with van der Waals surface area (Å²) in [5.74, 6) is -2.13. The van der Waals surface area contributed by atoms with Gasteiger partial charge in [0.25, 0.3) is 0 Å². The van der Waals surface area contributed by atoms with Crippen molar-refractivity contribution in [3.63, 3.8) is 0 Å². The first-order valence-corrected chi connectivity index (χ1v) is 14.1. The lowest BCUT2D eigenvalue weighted by Crippen LogP contribution is -2.37.